The van der Waals surface area contributed by atoms with Gasteiger partial charge in [-0.05, 0) is 98.7 Å². The Kier molecular flexibility index (Phi) is 6.80. The number of fused-ring (bicyclic) bond motifs is 5. The molecule has 0 heterocycles. The van der Waals surface area contributed by atoms with Crippen LogP contribution in [0.3, 0.4) is 0 Å². The Morgan fingerprint density at radius 3 is 2.38 bits per heavy atom. The monoisotopic (exact) mass is 473 g/mol. The Morgan fingerprint density at radius 2 is 1.68 bits per heavy atom. The number of carbonyl (C=O) groups excluding carboxylic acids is 2. The van der Waals surface area contributed by atoms with Gasteiger partial charge in [0, 0.05) is 19.0 Å². The normalized spacial score (nSPS) is 46.6. The summed E-state index contributed by atoms with van der Waals surface area (Å²) in [5, 5.41) is 4.24. The van der Waals surface area contributed by atoms with Crippen LogP contribution < -0.4 is 5.32 Å². The van der Waals surface area contributed by atoms with E-state index in [1.807, 2.05) is 0 Å². The topological polar surface area (TPSA) is 64.6 Å². The second-order valence-electron chi connectivity index (χ2n) is 13.1. The standard InChI is InChI=1S/C29H47NO4/c1-18(31)34-21-14-15-28(2)19(16-21)10-11-22-23-12-13-24(27(32)33-4)29(23,3)17-25(26(22)28)30-20-8-6-5-7-9-20/h19-26,30H,5-17H2,1-4H3/t19-,21+,22-,23-,24+,25+,26+,28-,29-/m0/s1. The lowest BCUT2D eigenvalue weighted by atomic mass is 9.43. The van der Waals surface area contributed by atoms with Crippen molar-refractivity contribution in [3.8, 4) is 0 Å². The smallest absolute Gasteiger partial charge is 0.309 e. The summed E-state index contributed by atoms with van der Waals surface area (Å²) in [6.45, 7) is 6.54. The number of esters is 2. The molecule has 0 aromatic carbocycles. The minimum Gasteiger partial charge on any atom is -0.469 e. The molecule has 0 aromatic rings. The first kappa shape index (κ1) is 24.6. The summed E-state index contributed by atoms with van der Waals surface area (Å²) in [6, 6.07) is 1.09. The summed E-state index contributed by atoms with van der Waals surface area (Å²) in [5.41, 5.74) is 0.329. The zero-order valence-corrected chi connectivity index (χ0v) is 21.9. The molecule has 5 nitrogen and oxygen atoms in total. The van der Waals surface area contributed by atoms with Crippen molar-refractivity contribution in [2.75, 3.05) is 7.11 Å². The van der Waals surface area contributed by atoms with E-state index in [0.29, 0.717) is 35.8 Å². The maximum absolute atomic E-state index is 12.9. The molecule has 0 saturated heterocycles. The van der Waals surface area contributed by atoms with Crippen molar-refractivity contribution in [1.82, 2.24) is 5.32 Å². The van der Waals surface area contributed by atoms with Crippen molar-refractivity contribution in [3.05, 3.63) is 0 Å². The van der Waals surface area contributed by atoms with E-state index in [1.165, 1.54) is 51.4 Å². The summed E-state index contributed by atoms with van der Waals surface area (Å²) in [7, 11) is 1.57. The number of hydrogen-bond donors (Lipinski definition) is 1. The summed E-state index contributed by atoms with van der Waals surface area (Å²) in [6.07, 6.45) is 15.7. The molecule has 0 aromatic heterocycles. The summed E-state index contributed by atoms with van der Waals surface area (Å²) >= 11 is 0. The molecule has 5 aliphatic carbocycles. The van der Waals surface area contributed by atoms with Gasteiger partial charge < -0.3 is 14.8 Å². The van der Waals surface area contributed by atoms with E-state index in [-0.39, 0.29) is 34.8 Å². The van der Waals surface area contributed by atoms with Crippen LogP contribution in [0, 0.1) is 40.4 Å². The number of carbonyl (C=O) groups is 2. The minimum absolute atomic E-state index is 0.0154. The van der Waals surface area contributed by atoms with Gasteiger partial charge in [-0.1, -0.05) is 33.1 Å². The fraction of sp³-hybridized carbons (Fsp3) is 0.931. The summed E-state index contributed by atoms with van der Waals surface area (Å²) in [5.74, 6) is 2.51. The van der Waals surface area contributed by atoms with E-state index in [2.05, 4.69) is 19.2 Å². The van der Waals surface area contributed by atoms with E-state index >= 15 is 0 Å². The lowest BCUT2D eigenvalue weighted by Crippen LogP contribution is -2.63. The molecule has 0 unspecified atom stereocenters. The van der Waals surface area contributed by atoms with Crippen LogP contribution in [0.1, 0.15) is 104 Å². The molecule has 9 atom stereocenters. The number of ether oxygens (including phenoxy) is 2. The van der Waals surface area contributed by atoms with Gasteiger partial charge in [-0.2, -0.15) is 0 Å². The van der Waals surface area contributed by atoms with E-state index in [1.54, 1.807) is 14.0 Å². The Balaban J connectivity index is 1.45. The number of nitrogens with one attached hydrogen (secondary N) is 1. The third kappa shape index (κ3) is 4.12. The minimum atomic E-state index is -0.132. The van der Waals surface area contributed by atoms with Gasteiger partial charge >= 0.3 is 11.9 Å². The fourth-order valence-electron chi connectivity index (χ4n) is 10.0. The van der Waals surface area contributed by atoms with Crippen molar-refractivity contribution >= 4 is 11.9 Å². The molecule has 1 N–H and O–H groups in total. The number of methoxy groups -OCH3 is 1. The van der Waals surface area contributed by atoms with E-state index in [9.17, 15) is 9.59 Å². The van der Waals surface area contributed by atoms with Crippen molar-refractivity contribution in [2.24, 2.45) is 40.4 Å². The van der Waals surface area contributed by atoms with Crippen LogP contribution in [-0.2, 0) is 19.1 Å². The van der Waals surface area contributed by atoms with Crippen molar-refractivity contribution in [3.63, 3.8) is 0 Å². The lowest BCUT2D eigenvalue weighted by Gasteiger charge is -2.63. The molecule has 192 valence electrons. The van der Waals surface area contributed by atoms with Gasteiger partial charge in [0.1, 0.15) is 6.10 Å². The predicted octanol–water partition coefficient (Wildman–Crippen LogP) is 5.65. The first-order chi connectivity index (χ1) is 16.3. The van der Waals surface area contributed by atoms with Gasteiger partial charge in [-0.25, -0.2) is 0 Å². The highest BCUT2D eigenvalue weighted by atomic mass is 16.5. The maximum atomic E-state index is 12.9. The Hall–Kier alpha value is -1.10. The summed E-state index contributed by atoms with van der Waals surface area (Å²) in [4.78, 5) is 24.5. The third-order valence-electron chi connectivity index (χ3n) is 11.4. The highest BCUT2D eigenvalue weighted by Gasteiger charge is 2.64. The molecule has 5 aliphatic rings. The van der Waals surface area contributed by atoms with E-state index < -0.39 is 0 Å². The van der Waals surface area contributed by atoms with Crippen LogP contribution in [0.15, 0.2) is 0 Å². The zero-order valence-electron chi connectivity index (χ0n) is 21.9. The second-order valence-corrected chi connectivity index (χ2v) is 13.1. The molecule has 5 heteroatoms. The molecular formula is C29H47NO4. The predicted molar refractivity (Wildman–Crippen MR) is 132 cm³/mol. The van der Waals surface area contributed by atoms with E-state index in [4.69, 9.17) is 9.47 Å². The highest BCUT2D eigenvalue weighted by Crippen LogP contribution is 2.67. The van der Waals surface area contributed by atoms with Gasteiger partial charge in [-0.3, -0.25) is 9.59 Å². The van der Waals surface area contributed by atoms with Gasteiger partial charge in [0.2, 0.25) is 0 Å². The zero-order chi connectivity index (χ0) is 24.1. The molecule has 34 heavy (non-hydrogen) atoms. The van der Waals surface area contributed by atoms with Crippen LogP contribution in [-0.4, -0.2) is 37.2 Å². The molecule has 5 rings (SSSR count). The van der Waals surface area contributed by atoms with E-state index in [0.717, 1.165) is 32.1 Å². The molecule has 0 radical (unpaired) electrons. The molecule has 5 saturated carbocycles. The molecule has 0 aliphatic heterocycles. The van der Waals surface area contributed by atoms with Gasteiger partial charge in [-0.15, -0.1) is 0 Å². The second kappa shape index (κ2) is 9.41. The molecular weight excluding hydrogens is 426 g/mol. The molecule has 0 spiro atoms. The van der Waals surface area contributed by atoms with Gasteiger partial charge in [0.15, 0.2) is 0 Å². The highest BCUT2D eigenvalue weighted by molar-refractivity contribution is 5.74. The number of hydrogen-bond acceptors (Lipinski definition) is 5. The van der Waals surface area contributed by atoms with Crippen LogP contribution in [0.4, 0.5) is 0 Å². The average Bonchev–Trinajstić information content (AvgIpc) is 3.15. The fourth-order valence-corrected chi connectivity index (χ4v) is 10.0. The molecule has 0 amide bonds. The largest absolute Gasteiger partial charge is 0.469 e. The van der Waals surface area contributed by atoms with Crippen LogP contribution in [0.25, 0.3) is 0 Å². The van der Waals surface area contributed by atoms with Gasteiger partial charge in [0.25, 0.3) is 0 Å². The third-order valence-corrected chi connectivity index (χ3v) is 11.4. The maximum Gasteiger partial charge on any atom is 0.309 e. The SMILES string of the molecule is COC(=O)[C@H]1CC[C@H]2[C@@H]3CC[C@H]4C[C@H](OC(C)=O)CC[C@]4(C)[C@H]3[C@H](NC3CCCCC3)C[C@]12C. The lowest BCUT2D eigenvalue weighted by molar-refractivity contribution is -0.170. The Labute approximate surface area is 206 Å². The Morgan fingerprint density at radius 1 is 0.912 bits per heavy atom. The van der Waals surface area contributed by atoms with Crippen molar-refractivity contribution in [1.29, 1.82) is 0 Å². The quantitative estimate of drug-likeness (QED) is 0.535. The molecule has 5 fully saturated rings. The average molecular weight is 474 g/mol. The Bertz CT molecular complexity index is 778. The number of rotatable bonds is 4. The van der Waals surface area contributed by atoms with Crippen LogP contribution >= 0.6 is 0 Å². The van der Waals surface area contributed by atoms with Gasteiger partial charge in [0.05, 0.1) is 13.0 Å². The van der Waals surface area contributed by atoms with Crippen molar-refractivity contribution < 1.29 is 19.1 Å². The first-order valence-electron chi connectivity index (χ1n) is 14.3. The molecule has 0 bridgehead atoms. The van der Waals surface area contributed by atoms with Crippen LogP contribution in [0.5, 0.6) is 0 Å². The first-order valence-corrected chi connectivity index (χ1v) is 14.3. The van der Waals surface area contributed by atoms with Crippen LogP contribution in [0.2, 0.25) is 0 Å². The summed E-state index contributed by atoms with van der Waals surface area (Å²) < 4.78 is 11.0. The van der Waals surface area contributed by atoms with Crippen molar-refractivity contribution in [2.45, 2.75) is 122 Å².